The van der Waals surface area contributed by atoms with Gasteiger partial charge >= 0.3 is 0 Å². The average Bonchev–Trinajstić information content (AvgIpc) is 2.59. The second-order valence-corrected chi connectivity index (χ2v) is 10.1. The van der Waals surface area contributed by atoms with E-state index in [0.29, 0.717) is 16.9 Å². The summed E-state index contributed by atoms with van der Waals surface area (Å²) in [5, 5.41) is 3.43. The van der Waals surface area contributed by atoms with Crippen LogP contribution in [-0.2, 0) is 9.84 Å². The minimum absolute atomic E-state index is 0.185. The third-order valence-electron chi connectivity index (χ3n) is 5.14. The van der Waals surface area contributed by atoms with Gasteiger partial charge in [-0.25, -0.2) is 8.42 Å². The highest BCUT2D eigenvalue weighted by Crippen LogP contribution is 2.34. The lowest BCUT2D eigenvalue weighted by atomic mass is 9.77. The molecule has 2 rings (SSSR count). The van der Waals surface area contributed by atoms with Gasteiger partial charge in [-0.3, -0.25) is 0 Å². The Balaban J connectivity index is 1.68. The quantitative estimate of drug-likeness (QED) is 0.861. The first-order chi connectivity index (χ1) is 9.76. The molecule has 2 aliphatic rings. The van der Waals surface area contributed by atoms with Crippen molar-refractivity contribution in [2.45, 2.75) is 52.5 Å². The SMILES string of the molecule is CC(C)(C)C1CCCN(CCNC2CCS(=O)(=O)C2)CC1. The summed E-state index contributed by atoms with van der Waals surface area (Å²) in [6.07, 6.45) is 4.71. The number of nitrogens with zero attached hydrogens (tertiary/aromatic N) is 1. The van der Waals surface area contributed by atoms with Gasteiger partial charge in [0.2, 0.25) is 0 Å². The molecule has 2 fully saturated rings. The van der Waals surface area contributed by atoms with Crippen LogP contribution in [0.25, 0.3) is 0 Å². The molecule has 5 heteroatoms. The molecule has 2 unspecified atom stereocenters. The summed E-state index contributed by atoms with van der Waals surface area (Å²) in [6.45, 7) is 11.4. The summed E-state index contributed by atoms with van der Waals surface area (Å²) in [4.78, 5) is 2.54. The van der Waals surface area contributed by atoms with E-state index in [4.69, 9.17) is 0 Å². The number of nitrogens with one attached hydrogen (secondary N) is 1. The van der Waals surface area contributed by atoms with Gasteiger partial charge in [0.05, 0.1) is 11.5 Å². The van der Waals surface area contributed by atoms with E-state index in [1.165, 1.54) is 32.4 Å². The lowest BCUT2D eigenvalue weighted by Gasteiger charge is -2.29. The van der Waals surface area contributed by atoms with Gasteiger partial charge in [0.15, 0.2) is 9.84 Å². The molecule has 0 aromatic carbocycles. The Labute approximate surface area is 130 Å². The van der Waals surface area contributed by atoms with Crippen LogP contribution in [0.4, 0.5) is 0 Å². The van der Waals surface area contributed by atoms with E-state index >= 15 is 0 Å². The highest BCUT2D eigenvalue weighted by atomic mass is 32.2. The van der Waals surface area contributed by atoms with E-state index in [1.807, 2.05) is 0 Å². The highest BCUT2D eigenvalue weighted by molar-refractivity contribution is 7.91. The van der Waals surface area contributed by atoms with E-state index in [0.717, 1.165) is 25.4 Å². The Morgan fingerprint density at radius 2 is 1.90 bits per heavy atom. The topological polar surface area (TPSA) is 49.4 Å². The van der Waals surface area contributed by atoms with Crippen LogP contribution in [-0.4, -0.2) is 57.0 Å². The van der Waals surface area contributed by atoms with Crippen molar-refractivity contribution in [3.05, 3.63) is 0 Å². The molecule has 0 aliphatic carbocycles. The predicted molar refractivity (Wildman–Crippen MR) is 88.3 cm³/mol. The molecular formula is C16H32N2O2S. The molecule has 1 N–H and O–H groups in total. The van der Waals surface area contributed by atoms with Crippen molar-refractivity contribution < 1.29 is 8.42 Å². The van der Waals surface area contributed by atoms with Crippen molar-refractivity contribution in [2.75, 3.05) is 37.7 Å². The molecule has 0 radical (unpaired) electrons. The molecule has 0 amide bonds. The van der Waals surface area contributed by atoms with Crippen molar-refractivity contribution in [1.29, 1.82) is 0 Å². The summed E-state index contributed by atoms with van der Waals surface area (Å²) in [7, 11) is -2.76. The van der Waals surface area contributed by atoms with Crippen LogP contribution in [0.15, 0.2) is 0 Å². The lowest BCUT2D eigenvalue weighted by Crippen LogP contribution is -2.38. The molecule has 0 bridgehead atoms. The average molecular weight is 317 g/mol. The largest absolute Gasteiger partial charge is 0.312 e. The molecule has 0 saturated carbocycles. The van der Waals surface area contributed by atoms with Gasteiger partial charge in [0.1, 0.15) is 0 Å². The molecule has 2 atom stereocenters. The molecule has 2 aliphatic heterocycles. The zero-order valence-electron chi connectivity index (χ0n) is 13.9. The molecule has 2 heterocycles. The zero-order valence-corrected chi connectivity index (χ0v) is 14.7. The highest BCUT2D eigenvalue weighted by Gasteiger charge is 2.28. The maximum Gasteiger partial charge on any atom is 0.151 e. The van der Waals surface area contributed by atoms with Gasteiger partial charge in [-0.1, -0.05) is 20.8 Å². The Hall–Kier alpha value is -0.130. The number of hydrogen-bond acceptors (Lipinski definition) is 4. The Morgan fingerprint density at radius 3 is 2.52 bits per heavy atom. The number of hydrogen-bond donors (Lipinski definition) is 1. The van der Waals surface area contributed by atoms with Gasteiger partial charge in [-0.15, -0.1) is 0 Å². The third-order valence-corrected chi connectivity index (χ3v) is 6.91. The fraction of sp³-hybridized carbons (Fsp3) is 1.00. The van der Waals surface area contributed by atoms with Crippen LogP contribution in [0.5, 0.6) is 0 Å². The Kier molecular flexibility index (Phi) is 5.71. The number of sulfone groups is 1. The van der Waals surface area contributed by atoms with Crippen LogP contribution in [0.3, 0.4) is 0 Å². The van der Waals surface area contributed by atoms with E-state index in [1.54, 1.807) is 0 Å². The van der Waals surface area contributed by atoms with Crippen LogP contribution >= 0.6 is 0 Å². The summed E-state index contributed by atoms with van der Waals surface area (Å²) in [5.74, 6) is 1.52. The zero-order chi connectivity index (χ0) is 15.5. The van der Waals surface area contributed by atoms with Gasteiger partial charge in [0, 0.05) is 19.1 Å². The van der Waals surface area contributed by atoms with E-state index in [-0.39, 0.29) is 6.04 Å². The normalized spacial score (nSPS) is 31.2. The fourth-order valence-electron chi connectivity index (χ4n) is 3.63. The smallest absolute Gasteiger partial charge is 0.151 e. The standard InChI is InChI=1S/C16H32N2O2S/c1-16(2,3)14-5-4-9-18(10-6-14)11-8-17-15-7-12-21(19,20)13-15/h14-15,17H,4-13H2,1-3H3. The molecule has 0 spiro atoms. The van der Waals surface area contributed by atoms with E-state index in [2.05, 4.69) is 31.0 Å². The maximum absolute atomic E-state index is 11.4. The minimum atomic E-state index is -2.76. The van der Waals surface area contributed by atoms with Crippen molar-refractivity contribution in [2.24, 2.45) is 11.3 Å². The van der Waals surface area contributed by atoms with Gasteiger partial charge in [-0.2, -0.15) is 0 Å². The van der Waals surface area contributed by atoms with Gasteiger partial charge in [0.25, 0.3) is 0 Å². The van der Waals surface area contributed by atoms with E-state index in [9.17, 15) is 8.42 Å². The fourth-order valence-corrected chi connectivity index (χ4v) is 5.34. The van der Waals surface area contributed by atoms with Crippen LogP contribution < -0.4 is 5.32 Å². The van der Waals surface area contributed by atoms with Crippen LogP contribution in [0, 0.1) is 11.3 Å². The first kappa shape index (κ1) is 17.2. The van der Waals surface area contributed by atoms with Crippen LogP contribution in [0.1, 0.15) is 46.5 Å². The molecule has 0 aromatic rings. The number of rotatable bonds is 4. The molecule has 124 valence electrons. The van der Waals surface area contributed by atoms with Gasteiger partial charge < -0.3 is 10.2 Å². The van der Waals surface area contributed by atoms with Crippen molar-refractivity contribution >= 4 is 9.84 Å². The summed E-state index contributed by atoms with van der Waals surface area (Å²) < 4.78 is 22.9. The summed E-state index contributed by atoms with van der Waals surface area (Å²) in [6, 6.07) is 0.185. The maximum atomic E-state index is 11.4. The minimum Gasteiger partial charge on any atom is -0.312 e. The lowest BCUT2D eigenvalue weighted by molar-refractivity contribution is 0.208. The molecule has 2 saturated heterocycles. The summed E-state index contributed by atoms with van der Waals surface area (Å²) >= 11 is 0. The van der Waals surface area contributed by atoms with Crippen molar-refractivity contribution in [1.82, 2.24) is 10.2 Å². The Morgan fingerprint density at radius 1 is 1.14 bits per heavy atom. The van der Waals surface area contributed by atoms with E-state index < -0.39 is 9.84 Å². The Bertz CT molecular complexity index is 428. The summed E-state index contributed by atoms with van der Waals surface area (Å²) in [5.41, 5.74) is 0.423. The second kappa shape index (κ2) is 6.97. The molecule has 21 heavy (non-hydrogen) atoms. The van der Waals surface area contributed by atoms with Crippen molar-refractivity contribution in [3.63, 3.8) is 0 Å². The third kappa shape index (κ3) is 5.53. The van der Waals surface area contributed by atoms with Gasteiger partial charge in [-0.05, 0) is 50.1 Å². The van der Waals surface area contributed by atoms with Crippen LogP contribution in [0.2, 0.25) is 0 Å². The predicted octanol–water partition coefficient (Wildman–Crippen LogP) is 1.91. The molecule has 4 nitrogen and oxygen atoms in total. The second-order valence-electron chi connectivity index (χ2n) is 7.89. The van der Waals surface area contributed by atoms with Crippen molar-refractivity contribution in [3.8, 4) is 0 Å². The molecule has 0 aromatic heterocycles. The first-order valence-electron chi connectivity index (χ1n) is 8.42. The monoisotopic (exact) mass is 316 g/mol. The molecular weight excluding hydrogens is 284 g/mol. The first-order valence-corrected chi connectivity index (χ1v) is 10.2. The number of likely N-dealkylation sites (tertiary alicyclic amines) is 1.